The van der Waals surface area contributed by atoms with Crippen LogP contribution < -0.4 is 15.1 Å². The second kappa shape index (κ2) is 7.86. The fourth-order valence-corrected chi connectivity index (χ4v) is 3.08. The van der Waals surface area contributed by atoms with E-state index < -0.39 is 11.8 Å². The number of hydrogen-bond donors (Lipinski definition) is 0. The summed E-state index contributed by atoms with van der Waals surface area (Å²) in [5.74, 6) is -0.868. The average molecular weight is 381 g/mol. The van der Waals surface area contributed by atoms with Crippen LogP contribution in [-0.2, 0) is 9.59 Å². The third-order valence-corrected chi connectivity index (χ3v) is 4.48. The Bertz CT molecular complexity index is 1030. The molecule has 0 unspecified atom stereocenters. The zero-order chi connectivity index (χ0) is 20.2. The van der Waals surface area contributed by atoms with E-state index in [1.807, 2.05) is 36.4 Å². The van der Waals surface area contributed by atoms with E-state index in [9.17, 15) is 14.7 Å². The molecule has 29 heavy (non-hydrogen) atoms. The maximum Gasteiger partial charge on any atom is 0.283 e. The molecule has 1 saturated heterocycles. The predicted molar refractivity (Wildman–Crippen MR) is 111 cm³/mol. The Balaban J connectivity index is 1.71. The van der Waals surface area contributed by atoms with Crippen LogP contribution in [-0.4, -0.2) is 11.8 Å². The van der Waals surface area contributed by atoms with E-state index in [1.54, 1.807) is 48.6 Å². The molecule has 1 heterocycles. The van der Waals surface area contributed by atoms with Crippen LogP contribution in [0.4, 0.5) is 11.4 Å². The van der Waals surface area contributed by atoms with Gasteiger partial charge >= 0.3 is 0 Å². The molecule has 1 aliphatic rings. The number of allylic oxidation sites excluding steroid dienone is 2. The smallest absolute Gasteiger partial charge is 0.283 e. The number of nitrogens with zero attached hydrogens (tertiary/aromatic N) is 2. The Hall–Kier alpha value is -4.12. The monoisotopic (exact) mass is 381 g/mol. The molecule has 0 bridgehead atoms. The van der Waals surface area contributed by atoms with Crippen LogP contribution >= 0.6 is 0 Å². The van der Waals surface area contributed by atoms with Crippen molar-refractivity contribution in [3.05, 3.63) is 108 Å². The van der Waals surface area contributed by atoms with E-state index in [2.05, 4.69) is 0 Å². The summed E-state index contributed by atoms with van der Waals surface area (Å²) in [6.45, 7) is 0. The van der Waals surface area contributed by atoms with Gasteiger partial charge in [-0.2, -0.15) is 0 Å². The van der Waals surface area contributed by atoms with Crippen molar-refractivity contribution in [1.29, 1.82) is 0 Å². The highest BCUT2D eigenvalue weighted by atomic mass is 16.3. The first-order valence-electron chi connectivity index (χ1n) is 9.09. The largest absolute Gasteiger partial charge is 0.872 e. The number of hydrazine groups is 1. The van der Waals surface area contributed by atoms with Gasteiger partial charge < -0.3 is 5.11 Å². The van der Waals surface area contributed by atoms with Crippen LogP contribution in [0, 0.1) is 0 Å². The molecule has 142 valence electrons. The van der Waals surface area contributed by atoms with E-state index in [1.165, 1.54) is 28.2 Å². The van der Waals surface area contributed by atoms with Gasteiger partial charge in [0.1, 0.15) is 5.57 Å². The number of rotatable bonds is 4. The predicted octanol–water partition coefficient (Wildman–Crippen LogP) is 3.69. The summed E-state index contributed by atoms with van der Waals surface area (Å²) in [6, 6.07) is 24.4. The molecule has 0 N–H and O–H groups in total. The molecule has 2 amide bonds. The van der Waals surface area contributed by atoms with Gasteiger partial charge in [-0.05, 0) is 35.9 Å². The Morgan fingerprint density at radius 1 is 0.655 bits per heavy atom. The minimum Gasteiger partial charge on any atom is -0.872 e. The summed E-state index contributed by atoms with van der Waals surface area (Å²) in [7, 11) is 0. The van der Waals surface area contributed by atoms with Crippen LogP contribution in [0.15, 0.2) is 103 Å². The molecule has 5 heteroatoms. The lowest BCUT2D eigenvalue weighted by Crippen LogP contribution is -2.41. The van der Waals surface area contributed by atoms with Gasteiger partial charge in [-0.1, -0.05) is 72.8 Å². The molecule has 5 nitrogen and oxygen atoms in total. The molecule has 0 radical (unpaired) electrons. The summed E-state index contributed by atoms with van der Waals surface area (Å²) in [4.78, 5) is 26.2. The van der Waals surface area contributed by atoms with Crippen molar-refractivity contribution in [1.82, 2.24) is 0 Å². The van der Waals surface area contributed by atoms with Gasteiger partial charge in [0, 0.05) is 0 Å². The van der Waals surface area contributed by atoms with Gasteiger partial charge in [0.25, 0.3) is 11.8 Å². The van der Waals surface area contributed by atoms with E-state index in [0.29, 0.717) is 11.4 Å². The van der Waals surface area contributed by atoms with E-state index in [-0.39, 0.29) is 11.3 Å². The highest BCUT2D eigenvalue weighted by Crippen LogP contribution is 2.31. The molecule has 1 aliphatic heterocycles. The van der Waals surface area contributed by atoms with Crippen LogP contribution in [0.1, 0.15) is 5.56 Å². The topological polar surface area (TPSA) is 63.7 Å². The van der Waals surface area contributed by atoms with Crippen LogP contribution in [0.25, 0.3) is 6.08 Å². The minimum atomic E-state index is -0.399. The lowest BCUT2D eigenvalue weighted by Gasteiger charge is -2.27. The quantitative estimate of drug-likeness (QED) is 0.511. The zero-order valence-electron chi connectivity index (χ0n) is 15.4. The van der Waals surface area contributed by atoms with Crippen molar-refractivity contribution in [2.24, 2.45) is 0 Å². The molecule has 0 aliphatic carbocycles. The molecule has 0 aromatic heterocycles. The minimum absolute atomic E-state index is 0.0643. The molecule has 4 rings (SSSR count). The first kappa shape index (κ1) is 18.3. The molecule has 0 spiro atoms. The fraction of sp³-hybridized carbons (Fsp3) is 0. The van der Waals surface area contributed by atoms with Crippen LogP contribution in [0.5, 0.6) is 5.75 Å². The van der Waals surface area contributed by atoms with E-state index in [0.717, 1.165) is 5.56 Å². The molecule has 0 saturated carbocycles. The molecule has 3 aromatic carbocycles. The number of amides is 2. The SMILES string of the molecule is O=C1C(=CC=Cc2ccc([O-])cc2)C(=O)N(c2ccccc2)N1c1ccccc1. The maximum absolute atomic E-state index is 13.1. The molecular weight excluding hydrogens is 364 g/mol. The highest BCUT2D eigenvalue weighted by Gasteiger charge is 2.42. The van der Waals surface area contributed by atoms with Crippen molar-refractivity contribution >= 4 is 29.3 Å². The standard InChI is InChI=1S/C24H18N2O3/c27-21-16-14-18(15-17-21)8-7-13-22-23(28)25(19-9-3-1-4-10-19)26(24(22)29)20-11-5-2-6-12-20/h1-17,27H/p-1. The van der Waals surface area contributed by atoms with Crippen molar-refractivity contribution < 1.29 is 14.7 Å². The normalized spacial score (nSPS) is 14.1. The fourth-order valence-electron chi connectivity index (χ4n) is 3.08. The van der Waals surface area contributed by atoms with Gasteiger partial charge in [-0.3, -0.25) is 9.59 Å². The molecule has 1 fully saturated rings. The van der Waals surface area contributed by atoms with Gasteiger partial charge in [-0.25, -0.2) is 10.0 Å². The molecular formula is C24H17N2O3-. The number of anilines is 2. The number of para-hydroxylation sites is 2. The van der Waals surface area contributed by atoms with Gasteiger partial charge in [-0.15, -0.1) is 5.75 Å². The number of carbonyl (C=O) groups excluding carboxylic acids is 2. The first-order chi connectivity index (χ1) is 14.1. The summed E-state index contributed by atoms with van der Waals surface area (Å²) in [6.07, 6.45) is 4.89. The lowest BCUT2D eigenvalue weighted by molar-refractivity contribution is -0.268. The second-order valence-electron chi connectivity index (χ2n) is 6.41. The Kier molecular flexibility index (Phi) is 4.95. The Morgan fingerprint density at radius 2 is 1.14 bits per heavy atom. The summed E-state index contributed by atoms with van der Waals surface area (Å²) in [5.41, 5.74) is 2.08. The Morgan fingerprint density at radius 3 is 1.62 bits per heavy atom. The Labute approximate surface area is 168 Å². The van der Waals surface area contributed by atoms with E-state index >= 15 is 0 Å². The zero-order valence-corrected chi connectivity index (χ0v) is 15.4. The van der Waals surface area contributed by atoms with Gasteiger partial charge in [0.2, 0.25) is 0 Å². The number of carbonyl (C=O) groups is 2. The second-order valence-corrected chi connectivity index (χ2v) is 6.41. The molecule has 0 atom stereocenters. The summed E-state index contributed by atoms with van der Waals surface area (Å²) in [5, 5.41) is 14.0. The van der Waals surface area contributed by atoms with Crippen molar-refractivity contribution in [2.45, 2.75) is 0 Å². The van der Waals surface area contributed by atoms with Gasteiger partial charge in [0.15, 0.2) is 0 Å². The average Bonchev–Trinajstić information content (AvgIpc) is 3.01. The number of benzene rings is 3. The van der Waals surface area contributed by atoms with Crippen molar-refractivity contribution in [3.63, 3.8) is 0 Å². The third kappa shape index (κ3) is 3.66. The lowest BCUT2D eigenvalue weighted by atomic mass is 10.1. The highest BCUT2D eigenvalue weighted by molar-refractivity contribution is 6.36. The summed E-state index contributed by atoms with van der Waals surface area (Å²) < 4.78 is 0. The summed E-state index contributed by atoms with van der Waals surface area (Å²) >= 11 is 0. The number of hydrogen-bond acceptors (Lipinski definition) is 3. The van der Waals surface area contributed by atoms with Crippen LogP contribution in [0.2, 0.25) is 0 Å². The third-order valence-electron chi connectivity index (χ3n) is 4.48. The van der Waals surface area contributed by atoms with Crippen LogP contribution in [0.3, 0.4) is 0 Å². The van der Waals surface area contributed by atoms with Crippen molar-refractivity contribution in [3.8, 4) is 5.75 Å². The van der Waals surface area contributed by atoms with Gasteiger partial charge in [0.05, 0.1) is 11.4 Å². The van der Waals surface area contributed by atoms with E-state index in [4.69, 9.17) is 0 Å². The van der Waals surface area contributed by atoms with Crippen molar-refractivity contribution in [2.75, 3.05) is 10.0 Å². The first-order valence-corrected chi connectivity index (χ1v) is 9.09. The molecule has 3 aromatic rings. The maximum atomic E-state index is 13.1.